The third-order valence-electron chi connectivity index (χ3n) is 3.15. The molecule has 0 spiro atoms. The summed E-state index contributed by atoms with van der Waals surface area (Å²) in [5.74, 6) is -0.321. The van der Waals surface area contributed by atoms with Crippen molar-refractivity contribution in [3.63, 3.8) is 0 Å². The number of nitrogens with one attached hydrogen (secondary N) is 2. The highest BCUT2D eigenvalue weighted by Crippen LogP contribution is 2.22. The molecule has 0 bridgehead atoms. The molecule has 2 aromatic rings. The van der Waals surface area contributed by atoms with Crippen LogP contribution in [-0.2, 0) is 0 Å². The van der Waals surface area contributed by atoms with E-state index in [0.29, 0.717) is 5.69 Å². The van der Waals surface area contributed by atoms with Crippen LogP contribution < -0.4 is 11.0 Å². The van der Waals surface area contributed by atoms with Gasteiger partial charge in [-0.3, -0.25) is 4.79 Å². The fraction of sp³-hybridized carbons (Fsp3) is 0.353. The number of benzene rings is 1. The molecule has 0 saturated heterocycles. The predicted octanol–water partition coefficient (Wildman–Crippen LogP) is 2.58. The van der Waals surface area contributed by atoms with Gasteiger partial charge in [-0.1, -0.05) is 17.7 Å². The Morgan fingerprint density at radius 1 is 1.18 bits per heavy atom. The highest BCUT2D eigenvalue weighted by molar-refractivity contribution is 5.93. The fourth-order valence-electron chi connectivity index (χ4n) is 2.14. The summed E-state index contributed by atoms with van der Waals surface area (Å²) in [5, 5.41) is 2.83. The van der Waals surface area contributed by atoms with Crippen LogP contribution in [0.3, 0.4) is 0 Å². The average molecular weight is 299 g/mol. The first kappa shape index (κ1) is 15.9. The Balaban J connectivity index is 2.49. The van der Waals surface area contributed by atoms with Crippen molar-refractivity contribution in [1.82, 2.24) is 15.3 Å². The minimum absolute atomic E-state index is 0.214. The molecular formula is C17H21N3O2. The molecule has 1 heterocycles. The van der Waals surface area contributed by atoms with E-state index in [9.17, 15) is 9.59 Å². The van der Waals surface area contributed by atoms with Gasteiger partial charge in [-0.25, -0.2) is 4.79 Å². The molecule has 1 amide bonds. The van der Waals surface area contributed by atoms with Crippen LogP contribution in [-0.4, -0.2) is 21.4 Å². The Hall–Kier alpha value is -2.43. The van der Waals surface area contributed by atoms with Crippen LogP contribution in [0.4, 0.5) is 0 Å². The van der Waals surface area contributed by atoms with Crippen molar-refractivity contribution < 1.29 is 4.79 Å². The number of aromatic nitrogens is 2. The molecule has 0 atom stereocenters. The summed E-state index contributed by atoms with van der Waals surface area (Å²) in [5.41, 5.74) is 2.74. The minimum Gasteiger partial charge on any atom is -0.346 e. The van der Waals surface area contributed by atoms with Gasteiger partial charge in [0, 0.05) is 11.1 Å². The number of aromatic amines is 1. The van der Waals surface area contributed by atoms with Gasteiger partial charge in [0.15, 0.2) is 0 Å². The van der Waals surface area contributed by atoms with Gasteiger partial charge < -0.3 is 10.3 Å². The van der Waals surface area contributed by atoms with E-state index < -0.39 is 5.69 Å². The first-order chi connectivity index (χ1) is 10.2. The van der Waals surface area contributed by atoms with E-state index in [-0.39, 0.29) is 17.1 Å². The second-order valence-corrected chi connectivity index (χ2v) is 6.51. The summed E-state index contributed by atoms with van der Waals surface area (Å²) in [6.45, 7) is 9.58. The maximum absolute atomic E-state index is 12.2. The molecule has 0 unspecified atom stereocenters. The molecule has 0 aliphatic heterocycles. The zero-order chi connectivity index (χ0) is 16.5. The lowest BCUT2D eigenvalue weighted by Crippen LogP contribution is -2.41. The quantitative estimate of drug-likeness (QED) is 0.895. The van der Waals surface area contributed by atoms with E-state index in [2.05, 4.69) is 15.3 Å². The lowest BCUT2D eigenvalue weighted by atomic mass is 10.0. The number of rotatable bonds is 2. The molecule has 1 aromatic carbocycles. The molecule has 5 nitrogen and oxygen atoms in total. The first-order valence-corrected chi connectivity index (χ1v) is 7.17. The topological polar surface area (TPSA) is 74.8 Å². The van der Waals surface area contributed by atoms with Crippen molar-refractivity contribution in [3.05, 3.63) is 51.6 Å². The molecule has 0 aliphatic rings. The Labute approximate surface area is 129 Å². The molecule has 2 N–H and O–H groups in total. The number of amides is 1. The van der Waals surface area contributed by atoms with E-state index in [1.54, 1.807) is 6.07 Å². The Bertz CT molecular complexity index is 770. The van der Waals surface area contributed by atoms with Crippen LogP contribution >= 0.6 is 0 Å². The van der Waals surface area contributed by atoms with E-state index in [0.717, 1.165) is 16.7 Å². The number of nitrogens with zero attached hydrogens (tertiary/aromatic N) is 1. The number of carbonyl (C=O) groups excluding carboxylic acids is 1. The summed E-state index contributed by atoms with van der Waals surface area (Å²) in [6, 6.07) is 7.55. The predicted molar refractivity (Wildman–Crippen MR) is 87.0 cm³/mol. The van der Waals surface area contributed by atoms with Crippen molar-refractivity contribution in [2.24, 2.45) is 0 Å². The second kappa shape index (κ2) is 5.75. The summed E-state index contributed by atoms with van der Waals surface area (Å²) >= 11 is 0. The summed E-state index contributed by atoms with van der Waals surface area (Å²) in [4.78, 5) is 30.5. The van der Waals surface area contributed by atoms with E-state index in [4.69, 9.17) is 0 Å². The maximum Gasteiger partial charge on any atom is 0.346 e. The maximum atomic E-state index is 12.2. The average Bonchev–Trinajstić information content (AvgIpc) is 2.39. The van der Waals surface area contributed by atoms with Crippen molar-refractivity contribution in [1.29, 1.82) is 0 Å². The monoisotopic (exact) mass is 299 g/mol. The molecule has 2 rings (SSSR count). The molecule has 0 fully saturated rings. The third kappa shape index (κ3) is 3.81. The smallest absolute Gasteiger partial charge is 0.346 e. The zero-order valence-corrected chi connectivity index (χ0v) is 13.6. The lowest BCUT2D eigenvalue weighted by Gasteiger charge is -2.20. The normalized spacial score (nSPS) is 11.3. The number of carbonyl (C=O) groups is 1. The van der Waals surface area contributed by atoms with Gasteiger partial charge in [0.1, 0.15) is 5.69 Å². The second-order valence-electron chi connectivity index (χ2n) is 6.51. The van der Waals surface area contributed by atoms with Gasteiger partial charge in [-0.2, -0.15) is 4.98 Å². The van der Waals surface area contributed by atoms with E-state index in [1.807, 2.05) is 52.8 Å². The van der Waals surface area contributed by atoms with Crippen LogP contribution in [0, 0.1) is 13.8 Å². The lowest BCUT2D eigenvalue weighted by molar-refractivity contribution is 0.0914. The fourth-order valence-corrected chi connectivity index (χ4v) is 2.14. The van der Waals surface area contributed by atoms with E-state index >= 15 is 0 Å². The first-order valence-electron chi connectivity index (χ1n) is 7.17. The molecule has 0 saturated carbocycles. The van der Waals surface area contributed by atoms with Gasteiger partial charge in [-0.05, 0) is 52.3 Å². The Morgan fingerprint density at radius 3 is 2.50 bits per heavy atom. The standard InChI is InChI=1S/C17H21N3O2/c1-10-6-7-11(2)12(8-10)13-9-14(19-16(22)18-13)15(21)20-17(3,4)5/h6-9H,1-5H3,(H,20,21)(H,18,19,22). The summed E-state index contributed by atoms with van der Waals surface area (Å²) in [7, 11) is 0. The van der Waals surface area contributed by atoms with Crippen molar-refractivity contribution in [2.45, 2.75) is 40.2 Å². The summed E-state index contributed by atoms with van der Waals surface area (Å²) in [6.07, 6.45) is 0. The SMILES string of the molecule is Cc1ccc(C)c(-c2cc(C(=O)NC(C)(C)C)[nH]c(=O)n2)c1. The highest BCUT2D eigenvalue weighted by atomic mass is 16.2. The largest absolute Gasteiger partial charge is 0.346 e. The third-order valence-corrected chi connectivity index (χ3v) is 3.15. The van der Waals surface area contributed by atoms with E-state index in [1.165, 1.54) is 0 Å². The zero-order valence-electron chi connectivity index (χ0n) is 13.6. The van der Waals surface area contributed by atoms with Crippen LogP contribution in [0.15, 0.2) is 29.1 Å². The van der Waals surface area contributed by atoms with Gasteiger partial charge in [0.05, 0.1) is 5.69 Å². The molecule has 0 aliphatic carbocycles. The van der Waals surface area contributed by atoms with Crippen molar-refractivity contribution in [3.8, 4) is 11.3 Å². The van der Waals surface area contributed by atoms with Crippen LogP contribution in [0.1, 0.15) is 42.4 Å². The Morgan fingerprint density at radius 2 is 1.86 bits per heavy atom. The van der Waals surface area contributed by atoms with Crippen LogP contribution in [0.2, 0.25) is 0 Å². The number of hydrogen-bond donors (Lipinski definition) is 2. The molecule has 22 heavy (non-hydrogen) atoms. The highest BCUT2D eigenvalue weighted by Gasteiger charge is 2.17. The van der Waals surface area contributed by atoms with Gasteiger partial charge >= 0.3 is 5.69 Å². The van der Waals surface area contributed by atoms with Crippen LogP contribution in [0.25, 0.3) is 11.3 Å². The summed E-state index contributed by atoms with van der Waals surface area (Å²) < 4.78 is 0. The molecular weight excluding hydrogens is 278 g/mol. The van der Waals surface area contributed by atoms with Gasteiger partial charge in [0.2, 0.25) is 0 Å². The number of aryl methyl sites for hydroxylation is 2. The minimum atomic E-state index is -0.530. The van der Waals surface area contributed by atoms with Crippen molar-refractivity contribution >= 4 is 5.91 Å². The number of hydrogen-bond acceptors (Lipinski definition) is 3. The molecule has 116 valence electrons. The molecule has 5 heteroatoms. The molecule has 0 radical (unpaired) electrons. The Kier molecular flexibility index (Phi) is 4.17. The van der Waals surface area contributed by atoms with Crippen molar-refractivity contribution in [2.75, 3.05) is 0 Å². The van der Waals surface area contributed by atoms with Gasteiger partial charge in [-0.15, -0.1) is 0 Å². The number of H-pyrrole nitrogens is 1. The molecule has 1 aromatic heterocycles. The van der Waals surface area contributed by atoms with Crippen LogP contribution in [0.5, 0.6) is 0 Å². The van der Waals surface area contributed by atoms with Gasteiger partial charge in [0.25, 0.3) is 5.91 Å².